The zero-order valence-electron chi connectivity index (χ0n) is 7.98. The van der Waals surface area contributed by atoms with Gasteiger partial charge in [-0.15, -0.1) is 0 Å². The number of aliphatic hydroxyl groups is 1. The van der Waals surface area contributed by atoms with Gasteiger partial charge in [0, 0.05) is 10.6 Å². The van der Waals surface area contributed by atoms with E-state index in [1.54, 1.807) is 24.3 Å². The van der Waals surface area contributed by atoms with Gasteiger partial charge in [0.15, 0.2) is 0 Å². The van der Waals surface area contributed by atoms with Gasteiger partial charge in [-0.1, -0.05) is 29.8 Å². The fourth-order valence-corrected chi connectivity index (χ4v) is 1.97. The summed E-state index contributed by atoms with van der Waals surface area (Å²) in [6.07, 6.45) is 0.00684. The van der Waals surface area contributed by atoms with Crippen molar-refractivity contribution in [2.75, 3.05) is 0 Å². The summed E-state index contributed by atoms with van der Waals surface area (Å²) in [6.45, 7) is 0. The molecule has 1 aliphatic carbocycles. The smallest absolute Gasteiger partial charge is 0.312 e. The quantitative estimate of drug-likeness (QED) is 0.831. The van der Waals surface area contributed by atoms with Crippen LogP contribution in [0.15, 0.2) is 24.3 Å². The Balaban J connectivity index is 2.33. The van der Waals surface area contributed by atoms with Crippen molar-refractivity contribution < 1.29 is 15.0 Å². The van der Waals surface area contributed by atoms with Crippen molar-refractivity contribution in [1.29, 1.82) is 0 Å². The highest BCUT2D eigenvalue weighted by atomic mass is 35.5. The molecule has 2 N–H and O–H groups in total. The van der Waals surface area contributed by atoms with Crippen LogP contribution in [0.2, 0.25) is 5.02 Å². The number of aliphatic hydroxyl groups excluding tert-OH is 1. The van der Waals surface area contributed by atoms with E-state index in [9.17, 15) is 9.90 Å². The molecule has 0 spiro atoms. The monoisotopic (exact) mass is 226 g/mol. The fraction of sp³-hybridized carbons (Fsp3) is 0.364. The maximum atomic E-state index is 11.0. The Morgan fingerprint density at radius 3 is 2.47 bits per heavy atom. The first-order valence-electron chi connectivity index (χ1n) is 4.74. The van der Waals surface area contributed by atoms with E-state index in [0.29, 0.717) is 23.4 Å². The Hall–Kier alpha value is -1.06. The zero-order chi connectivity index (χ0) is 11.1. The van der Waals surface area contributed by atoms with Crippen LogP contribution in [0.5, 0.6) is 0 Å². The highest BCUT2D eigenvalue weighted by Crippen LogP contribution is 2.55. The maximum Gasteiger partial charge on any atom is 0.312 e. The predicted octanol–water partition coefficient (Wildman–Crippen LogP) is 2.24. The third-order valence-electron chi connectivity index (χ3n) is 2.94. The van der Waals surface area contributed by atoms with E-state index >= 15 is 0 Å². The van der Waals surface area contributed by atoms with Gasteiger partial charge in [-0.25, -0.2) is 0 Å². The first kappa shape index (κ1) is 10.5. The third kappa shape index (κ3) is 1.62. The van der Waals surface area contributed by atoms with E-state index in [1.165, 1.54) is 0 Å². The molecule has 0 aromatic heterocycles. The van der Waals surface area contributed by atoms with Crippen LogP contribution < -0.4 is 0 Å². The minimum Gasteiger partial charge on any atom is -0.481 e. The van der Waals surface area contributed by atoms with Crippen molar-refractivity contribution in [2.45, 2.75) is 18.9 Å². The van der Waals surface area contributed by atoms with Crippen LogP contribution in [0, 0.1) is 5.41 Å². The Morgan fingerprint density at radius 1 is 1.40 bits per heavy atom. The van der Waals surface area contributed by atoms with Crippen LogP contribution in [0.4, 0.5) is 0 Å². The Kier molecular flexibility index (Phi) is 2.44. The molecule has 4 heteroatoms. The molecule has 0 radical (unpaired) electrons. The molecule has 15 heavy (non-hydrogen) atoms. The van der Waals surface area contributed by atoms with Gasteiger partial charge >= 0.3 is 5.97 Å². The van der Waals surface area contributed by atoms with Gasteiger partial charge in [0.2, 0.25) is 0 Å². The molecule has 3 nitrogen and oxygen atoms in total. The average Bonchev–Trinajstić information content (AvgIpc) is 2.98. The summed E-state index contributed by atoms with van der Waals surface area (Å²) in [5.41, 5.74) is -0.510. The normalized spacial score (nSPS) is 19.6. The highest BCUT2D eigenvalue weighted by molar-refractivity contribution is 6.31. The zero-order valence-corrected chi connectivity index (χ0v) is 8.74. The van der Waals surface area contributed by atoms with Crippen LogP contribution in [0.25, 0.3) is 0 Å². The lowest BCUT2D eigenvalue weighted by molar-refractivity contribution is -0.148. The molecule has 1 aliphatic rings. The second-order valence-corrected chi connectivity index (χ2v) is 4.29. The Bertz CT molecular complexity index is 399. The Morgan fingerprint density at radius 2 is 2.00 bits per heavy atom. The molecule has 0 heterocycles. The first-order valence-corrected chi connectivity index (χ1v) is 5.11. The van der Waals surface area contributed by atoms with Gasteiger partial charge < -0.3 is 10.2 Å². The van der Waals surface area contributed by atoms with Gasteiger partial charge in [-0.3, -0.25) is 4.79 Å². The standard InChI is InChI=1S/C11H11ClO3/c12-8-4-2-1-3-7(8)9(13)11(5-6-11)10(14)15/h1-4,9,13H,5-6H2,(H,14,15). The van der Waals surface area contributed by atoms with Gasteiger partial charge in [0.1, 0.15) is 0 Å². The van der Waals surface area contributed by atoms with Gasteiger partial charge in [-0.2, -0.15) is 0 Å². The van der Waals surface area contributed by atoms with Crippen molar-refractivity contribution in [3.8, 4) is 0 Å². The number of halogens is 1. The average molecular weight is 227 g/mol. The molecule has 1 unspecified atom stereocenters. The number of aliphatic carboxylic acids is 1. The molecule has 1 atom stereocenters. The van der Waals surface area contributed by atoms with E-state index in [2.05, 4.69) is 0 Å². The first-order chi connectivity index (χ1) is 7.08. The van der Waals surface area contributed by atoms with Crippen molar-refractivity contribution in [1.82, 2.24) is 0 Å². The summed E-state index contributed by atoms with van der Waals surface area (Å²) < 4.78 is 0. The number of hydrogen-bond donors (Lipinski definition) is 2. The van der Waals surface area contributed by atoms with Crippen LogP contribution in [-0.4, -0.2) is 16.2 Å². The summed E-state index contributed by atoms with van der Waals surface area (Å²) in [5.74, 6) is -0.949. The van der Waals surface area contributed by atoms with Gasteiger partial charge in [0.05, 0.1) is 11.5 Å². The van der Waals surface area contributed by atoms with Crippen molar-refractivity contribution in [2.24, 2.45) is 5.41 Å². The largest absolute Gasteiger partial charge is 0.481 e. The summed E-state index contributed by atoms with van der Waals surface area (Å²) >= 11 is 5.90. The van der Waals surface area contributed by atoms with E-state index in [0.717, 1.165) is 0 Å². The molecular formula is C11H11ClO3. The fourth-order valence-electron chi connectivity index (χ4n) is 1.73. The number of benzene rings is 1. The predicted molar refractivity (Wildman–Crippen MR) is 55.7 cm³/mol. The van der Waals surface area contributed by atoms with Crippen LogP contribution in [0.3, 0.4) is 0 Å². The van der Waals surface area contributed by atoms with Gasteiger partial charge in [0.25, 0.3) is 0 Å². The van der Waals surface area contributed by atoms with Crippen LogP contribution in [-0.2, 0) is 4.79 Å². The minimum absolute atomic E-state index is 0.414. The molecule has 80 valence electrons. The molecule has 0 amide bonds. The van der Waals surface area contributed by atoms with Crippen molar-refractivity contribution in [3.05, 3.63) is 34.9 Å². The summed E-state index contributed by atoms with van der Waals surface area (Å²) in [4.78, 5) is 11.0. The molecule has 1 saturated carbocycles. The molecule has 2 rings (SSSR count). The highest BCUT2D eigenvalue weighted by Gasteiger charge is 2.56. The lowest BCUT2D eigenvalue weighted by Gasteiger charge is -2.19. The number of carboxylic acid groups (broad SMARTS) is 1. The lowest BCUT2D eigenvalue weighted by Crippen LogP contribution is -2.23. The lowest BCUT2D eigenvalue weighted by atomic mass is 9.93. The number of carboxylic acids is 1. The number of hydrogen-bond acceptors (Lipinski definition) is 2. The summed E-state index contributed by atoms with van der Waals surface area (Å²) in [5, 5.41) is 19.4. The number of carbonyl (C=O) groups is 1. The molecule has 1 aromatic rings. The molecule has 0 saturated heterocycles. The molecule has 1 aromatic carbocycles. The molecular weight excluding hydrogens is 216 g/mol. The van der Waals surface area contributed by atoms with E-state index < -0.39 is 17.5 Å². The minimum atomic E-state index is -1.01. The van der Waals surface area contributed by atoms with Crippen LogP contribution in [0.1, 0.15) is 24.5 Å². The second-order valence-electron chi connectivity index (χ2n) is 3.89. The van der Waals surface area contributed by atoms with E-state index in [4.69, 9.17) is 16.7 Å². The van der Waals surface area contributed by atoms with Crippen molar-refractivity contribution >= 4 is 17.6 Å². The second kappa shape index (κ2) is 3.51. The Labute approximate surface area is 92.3 Å². The van der Waals surface area contributed by atoms with Crippen LogP contribution >= 0.6 is 11.6 Å². The molecule has 1 fully saturated rings. The topological polar surface area (TPSA) is 57.5 Å². The summed E-state index contributed by atoms with van der Waals surface area (Å²) in [7, 11) is 0. The summed E-state index contributed by atoms with van der Waals surface area (Å²) in [6, 6.07) is 6.80. The molecule has 0 aliphatic heterocycles. The SMILES string of the molecule is O=C(O)C1(C(O)c2ccccc2Cl)CC1. The van der Waals surface area contributed by atoms with E-state index in [1.807, 2.05) is 0 Å². The maximum absolute atomic E-state index is 11.0. The van der Waals surface area contributed by atoms with Gasteiger partial charge in [-0.05, 0) is 18.9 Å². The number of rotatable bonds is 3. The van der Waals surface area contributed by atoms with E-state index in [-0.39, 0.29) is 0 Å². The van der Waals surface area contributed by atoms with Crippen molar-refractivity contribution in [3.63, 3.8) is 0 Å². The third-order valence-corrected chi connectivity index (χ3v) is 3.28. The molecule has 0 bridgehead atoms.